The summed E-state index contributed by atoms with van der Waals surface area (Å²) in [5.41, 5.74) is -0.311. The summed E-state index contributed by atoms with van der Waals surface area (Å²) in [5, 5.41) is 7.65. The Morgan fingerprint density at radius 1 is 1.21 bits per heavy atom. The first-order valence-electron chi connectivity index (χ1n) is 7.47. The minimum Gasteiger partial charge on any atom is -0.370 e. The van der Waals surface area contributed by atoms with E-state index < -0.39 is 0 Å². The van der Waals surface area contributed by atoms with Gasteiger partial charge in [0, 0.05) is 7.11 Å². The molecule has 1 aromatic rings. The van der Waals surface area contributed by atoms with Crippen LogP contribution in [0.2, 0.25) is 0 Å². The predicted octanol–water partition coefficient (Wildman–Crippen LogP) is 2.69. The van der Waals surface area contributed by atoms with E-state index in [9.17, 15) is 0 Å². The molecule has 106 valence electrons. The molecule has 2 aliphatic rings. The second kappa shape index (κ2) is 5.59. The molecule has 0 aromatic carbocycles. The first-order chi connectivity index (χ1) is 9.34. The summed E-state index contributed by atoms with van der Waals surface area (Å²) in [6, 6.07) is 0.229. The van der Waals surface area contributed by atoms with E-state index in [0.29, 0.717) is 0 Å². The molecular weight excluding hydrogens is 242 g/mol. The Morgan fingerprint density at radius 2 is 2.05 bits per heavy atom. The second-order valence-electron chi connectivity index (χ2n) is 5.72. The number of methoxy groups -OCH3 is 1. The molecule has 1 aliphatic heterocycles. The largest absolute Gasteiger partial charge is 0.370 e. The monoisotopic (exact) mass is 265 g/mol. The summed E-state index contributed by atoms with van der Waals surface area (Å²) in [4.78, 5) is 4.64. The molecule has 3 rings (SSSR count). The van der Waals surface area contributed by atoms with Crippen molar-refractivity contribution < 1.29 is 9.26 Å². The third-order valence-electron chi connectivity index (χ3n) is 4.51. The normalized spacial score (nSPS) is 27.3. The third kappa shape index (κ3) is 2.54. The highest BCUT2D eigenvalue weighted by atomic mass is 16.5. The number of hydrogen-bond acceptors (Lipinski definition) is 5. The van der Waals surface area contributed by atoms with E-state index in [1.54, 1.807) is 7.11 Å². The van der Waals surface area contributed by atoms with Crippen LogP contribution in [0.3, 0.4) is 0 Å². The van der Waals surface area contributed by atoms with E-state index in [4.69, 9.17) is 9.26 Å². The highest BCUT2D eigenvalue weighted by Gasteiger charge is 2.39. The first kappa shape index (κ1) is 13.1. The van der Waals surface area contributed by atoms with Crippen LogP contribution in [0.25, 0.3) is 0 Å². The lowest BCUT2D eigenvalue weighted by Gasteiger charge is -2.32. The van der Waals surface area contributed by atoms with E-state index in [1.807, 2.05) is 0 Å². The van der Waals surface area contributed by atoms with E-state index in [-0.39, 0.29) is 11.6 Å². The molecule has 1 aromatic heterocycles. The van der Waals surface area contributed by atoms with Gasteiger partial charge in [0.05, 0.1) is 6.04 Å². The standard InChI is InChI=1S/C14H23N3O2/c1-18-14(8-4-2-5-9-14)13-16-12(19-17-13)11-7-3-6-10-15-11/h11,15H,2-10H2,1H3/t11-/m1/s1. The van der Waals surface area contributed by atoms with Crippen LogP contribution in [0.1, 0.15) is 69.1 Å². The van der Waals surface area contributed by atoms with Gasteiger partial charge in [-0.1, -0.05) is 30.8 Å². The lowest BCUT2D eigenvalue weighted by Crippen LogP contribution is -2.32. The molecule has 1 atom stereocenters. The number of nitrogens with zero attached hydrogens (tertiary/aromatic N) is 2. The van der Waals surface area contributed by atoms with Crippen LogP contribution < -0.4 is 5.32 Å². The van der Waals surface area contributed by atoms with E-state index in [1.165, 1.54) is 32.1 Å². The fourth-order valence-electron chi connectivity index (χ4n) is 3.27. The van der Waals surface area contributed by atoms with Crippen LogP contribution in [-0.2, 0) is 10.3 Å². The molecule has 0 bridgehead atoms. The molecular formula is C14H23N3O2. The number of rotatable bonds is 3. The van der Waals surface area contributed by atoms with Gasteiger partial charge >= 0.3 is 0 Å². The first-order valence-corrected chi connectivity index (χ1v) is 7.47. The maximum absolute atomic E-state index is 5.76. The minimum atomic E-state index is -0.311. The zero-order chi connectivity index (χ0) is 13.1. The molecule has 0 radical (unpaired) electrons. The van der Waals surface area contributed by atoms with Crippen molar-refractivity contribution >= 4 is 0 Å². The zero-order valence-electron chi connectivity index (χ0n) is 11.7. The van der Waals surface area contributed by atoms with Crippen LogP contribution in [-0.4, -0.2) is 23.8 Å². The quantitative estimate of drug-likeness (QED) is 0.910. The van der Waals surface area contributed by atoms with Crippen molar-refractivity contribution in [3.05, 3.63) is 11.7 Å². The lowest BCUT2D eigenvalue weighted by molar-refractivity contribution is -0.0527. The maximum Gasteiger partial charge on any atom is 0.243 e. The van der Waals surface area contributed by atoms with Crippen LogP contribution in [0.5, 0.6) is 0 Å². The second-order valence-corrected chi connectivity index (χ2v) is 5.72. The van der Waals surface area contributed by atoms with Gasteiger partial charge in [-0.25, -0.2) is 0 Å². The summed E-state index contributed by atoms with van der Waals surface area (Å²) in [6.45, 7) is 1.04. The summed E-state index contributed by atoms with van der Waals surface area (Å²) in [7, 11) is 1.76. The van der Waals surface area contributed by atoms with Crippen molar-refractivity contribution in [1.29, 1.82) is 0 Å². The number of aromatic nitrogens is 2. The molecule has 19 heavy (non-hydrogen) atoms. The molecule has 0 unspecified atom stereocenters. The van der Waals surface area contributed by atoms with Crippen molar-refractivity contribution in [2.75, 3.05) is 13.7 Å². The highest BCUT2D eigenvalue weighted by molar-refractivity contribution is 5.05. The molecule has 0 amide bonds. The fourth-order valence-corrected chi connectivity index (χ4v) is 3.27. The van der Waals surface area contributed by atoms with Gasteiger partial charge in [-0.05, 0) is 32.2 Å². The third-order valence-corrected chi connectivity index (χ3v) is 4.51. The fraction of sp³-hybridized carbons (Fsp3) is 0.857. The SMILES string of the molecule is COC1(c2noc([C@H]3CCCCN3)n2)CCCCC1. The van der Waals surface area contributed by atoms with E-state index in [2.05, 4.69) is 15.5 Å². The molecule has 1 saturated heterocycles. The van der Waals surface area contributed by atoms with E-state index >= 15 is 0 Å². The summed E-state index contributed by atoms with van der Waals surface area (Å²) in [6.07, 6.45) is 9.19. The van der Waals surface area contributed by atoms with Crippen LogP contribution >= 0.6 is 0 Å². The zero-order valence-corrected chi connectivity index (χ0v) is 11.7. The van der Waals surface area contributed by atoms with Crippen molar-refractivity contribution in [3.63, 3.8) is 0 Å². The molecule has 1 N–H and O–H groups in total. The molecule has 2 fully saturated rings. The molecule has 5 heteroatoms. The number of hydrogen-bond donors (Lipinski definition) is 1. The average Bonchev–Trinajstić information content (AvgIpc) is 2.99. The Balaban J connectivity index is 1.79. The minimum absolute atomic E-state index is 0.229. The molecule has 0 spiro atoms. The summed E-state index contributed by atoms with van der Waals surface area (Å²) in [5.74, 6) is 1.48. The van der Waals surface area contributed by atoms with Gasteiger partial charge in [0.1, 0.15) is 5.60 Å². The number of ether oxygens (including phenoxy) is 1. The smallest absolute Gasteiger partial charge is 0.243 e. The van der Waals surface area contributed by atoms with E-state index in [0.717, 1.165) is 37.5 Å². The Hall–Kier alpha value is -0.940. The van der Waals surface area contributed by atoms with Crippen LogP contribution in [0.4, 0.5) is 0 Å². The predicted molar refractivity (Wildman–Crippen MR) is 70.7 cm³/mol. The Bertz CT molecular complexity index is 407. The number of nitrogens with one attached hydrogen (secondary N) is 1. The summed E-state index contributed by atoms with van der Waals surface area (Å²) >= 11 is 0. The Kier molecular flexibility index (Phi) is 3.84. The van der Waals surface area contributed by atoms with Gasteiger partial charge in [0.25, 0.3) is 0 Å². The Morgan fingerprint density at radius 3 is 2.74 bits per heavy atom. The Labute approximate surface area is 114 Å². The molecule has 1 aliphatic carbocycles. The van der Waals surface area contributed by atoms with Crippen LogP contribution in [0, 0.1) is 0 Å². The lowest BCUT2D eigenvalue weighted by atomic mass is 9.84. The highest BCUT2D eigenvalue weighted by Crippen LogP contribution is 2.39. The topological polar surface area (TPSA) is 60.2 Å². The van der Waals surface area contributed by atoms with Gasteiger partial charge in [-0.2, -0.15) is 4.98 Å². The summed E-state index contributed by atoms with van der Waals surface area (Å²) < 4.78 is 11.2. The number of piperidine rings is 1. The molecule has 1 saturated carbocycles. The van der Waals surface area contributed by atoms with Crippen molar-refractivity contribution in [1.82, 2.24) is 15.5 Å². The molecule has 5 nitrogen and oxygen atoms in total. The maximum atomic E-state index is 5.76. The van der Waals surface area contributed by atoms with Crippen molar-refractivity contribution in [3.8, 4) is 0 Å². The van der Waals surface area contributed by atoms with Gasteiger partial charge in [-0.15, -0.1) is 0 Å². The van der Waals surface area contributed by atoms with Crippen molar-refractivity contribution in [2.45, 2.75) is 63.0 Å². The van der Waals surface area contributed by atoms with Crippen LogP contribution in [0.15, 0.2) is 4.52 Å². The van der Waals surface area contributed by atoms with Gasteiger partial charge in [-0.3, -0.25) is 0 Å². The molecule has 2 heterocycles. The van der Waals surface area contributed by atoms with Gasteiger partial charge in [0.15, 0.2) is 0 Å². The average molecular weight is 265 g/mol. The van der Waals surface area contributed by atoms with Gasteiger partial charge < -0.3 is 14.6 Å². The van der Waals surface area contributed by atoms with Gasteiger partial charge in [0.2, 0.25) is 11.7 Å². The van der Waals surface area contributed by atoms with Crippen molar-refractivity contribution in [2.24, 2.45) is 0 Å².